The highest BCUT2D eigenvalue weighted by Gasteiger charge is 2.22. The maximum absolute atomic E-state index is 5.44. The molecule has 0 aliphatic carbocycles. The first-order valence-corrected chi connectivity index (χ1v) is 9.11. The number of aliphatic imine (C=N–C) groups is 1. The quantitative estimate of drug-likeness (QED) is 0.328. The fraction of sp³-hybridized carbons (Fsp3) is 0.650. The highest BCUT2D eigenvalue weighted by Crippen LogP contribution is 2.33. The third-order valence-corrected chi connectivity index (χ3v) is 4.33. The second kappa shape index (κ2) is 12.3. The Hall–Kier alpha value is -1.18. The van der Waals surface area contributed by atoms with E-state index in [9.17, 15) is 0 Å². The van der Waals surface area contributed by atoms with Crippen molar-refractivity contribution in [1.29, 1.82) is 0 Å². The molecule has 0 fully saturated rings. The lowest BCUT2D eigenvalue weighted by Crippen LogP contribution is -2.40. The third-order valence-electron chi connectivity index (χ3n) is 4.33. The fourth-order valence-corrected chi connectivity index (χ4v) is 2.59. The van der Waals surface area contributed by atoms with Crippen molar-refractivity contribution in [3.05, 3.63) is 23.8 Å². The summed E-state index contributed by atoms with van der Waals surface area (Å²) in [6, 6.07) is 6.09. The van der Waals surface area contributed by atoms with Crippen LogP contribution in [0.2, 0.25) is 0 Å². The Bertz CT molecular complexity index is 562. The molecule has 0 aliphatic heterocycles. The maximum atomic E-state index is 5.44. The van der Waals surface area contributed by atoms with E-state index in [0.717, 1.165) is 30.5 Å². The molecule has 0 unspecified atom stereocenters. The molecule has 1 aromatic rings. The first-order valence-electron chi connectivity index (χ1n) is 9.11. The van der Waals surface area contributed by atoms with Crippen LogP contribution in [0.3, 0.4) is 0 Å². The lowest BCUT2D eigenvalue weighted by molar-refractivity contribution is 0.353. The zero-order valence-electron chi connectivity index (χ0n) is 17.4. The molecule has 0 amide bonds. The van der Waals surface area contributed by atoms with Crippen LogP contribution in [0.4, 0.5) is 0 Å². The second-order valence-corrected chi connectivity index (χ2v) is 6.90. The summed E-state index contributed by atoms with van der Waals surface area (Å²) in [7, 11) is 5.42. The van der Waals surface area contributed by atoms with Crippen LogP contribution < -0.4 is 14.8 Å². The van der Waals surface area contributed by atoms with Gasteiger partial charge in [0.05, 0.1) is 20.8 Å². The van der Waals surface area contributed by atoms with Crippen LogP contribution in [0, 0.1) is 0 Å². The normalized spacial score (nSPS) is 11.6. The SMILES string of the molecule is CCCCN(C)C(=NCC(C)(C)c1ccc(OC)c(OC)c1)NCC.I. The molecule has 0 spiro atoms. The van der Waals surface area contributed by atoms with Crippen LogP contribution in [0.5, 0.6) is 11.5 Å². The van der Waals surface area contributed by atoms with Gasteiger partial charge in [-0.2, -0.15) is 0 Å². The number of hydrogen-bond acceptors (Lipinski definition) is 3. The van der Waals surface area contributed by atoms with Crippen LogP contribution >= 0.6 is 24.0 Å². The molecule has 1 aromatic carbocycles. The van der Waals surface area contributed by atoms with Gasteiger partial charge in [-0.25, -0.2) is 0 Å². The standard InChI is InChI=1S/C20H35N3O2.HI/c1-8-10-13-23(5)19(21-9-2)22-15-20(3,4)16-11-12-17(24-6)18(14-16)25-7;/h11-12,14H,8-10,13,15H2,1-7H3,(H,21,22);1H. The topological polar surface area (TPSA) is 46.1 Å². The lowest BCUT2D eigenvalue weighted by Gasteiger charge is -2.27. The predicted molar refractivity (Wildman–Crippen MR) is 122 cm³/mol. The molecule has 0 atom stereocenters. The summed E-state index contributed by atoms with van der Waals surface area (Å²) in [5, 5.41) is 3.39. The summed E-state index contributed by atoms with van der Waals surface area (Å²) >= 11 is 0. The zero-order valence-corrected chi connectivity index (χ0v) is 19.7. The van der Waals surface area contributed by atoms with Gasteiger partial charge in [0.15, 0.2) is 17.5 Å². The largest absolute Gasteiger partial charge is 0.493 e. The average Bonchev–Trinajstić information content (AvgIpc) is 2.62. The van der Waals surface area contributed by atoms with Gasteiger partial charge in [-0.05, 0) is 31.0 Å². The molecule has 0 radical (unpaired) electrons. The Labute approximate surface area is 176 Å². The molecule has 0 saturated carbocycles. The van der Waals surface area contributed by atoms with E-state index < -0.39 is 0 Å². The molecule has 0 saturated heterocycles. The first kappa shape index (κ1) is 24.8. The van der Waals surface area contributed by atoms with E-state index in [-0.39, 0.29) is 29.4 Å². The van der Waals surface area contributed by atoms with Crippen LogP contribution in [-0.4, -0.2) is 51.8 Å². The Morgan fingerprint density at radius 1 is 1.15 bits per heavy atom. The van der Waals surface area contributed by atoms with Crippen LogP contribution in [-0.2, 0) is 5.41 Å². The number of hydrogen-bond donors (Lipinski definition) is 1. The van der Waals surface area contributed by atoms with Crippen molar-refractivity contribution in [1.82, 2.24) is 10.2 Å². The van der Waals surface area contributed by atoms with Crippen molar-refractivity contribution in [3.63, 3.8) is 0 Å². The number of benzene rings is 1. The molecule has 150 valence electrons. The van der Waals surface area contributed by atoms with Gasteiger partial charge >= 0.3 is 0 Å². The van der Waals surface area contributed by atoms with E-state index >= 15 is 0 Å². The van der Waals surface area contributed by atoms with Crippen LogP contribution in [0.25, 0.3) is 0 Å². The molecular formula is C20H36IN3O2. The number of halogens is 1. The van der Waals surface area contributed by atoms with Crippen LogP contribution in [0.1, 0.15) is 46.1 Å². The van der Waals surface area contributed by atoms with E-state index in [1.165, 1.54) is 18.4 Å². The molecule has 5 nitrogen and oxygen atoms in total. The average molecular weight is 477 g/mol. The highest BCUT2D eigenvalue weighted by molar-refractivity contribution is 14.0. The summed E-state index contributed by atoms with van der Waals surface area (Å²) in [5.41, 5.74) is 1.08. The van der Waals surface area contributed by atoms with E-state index in [4.69, 9.17) is 14.5 Å². The van der Waals surface area contributed by atoms with Gasteiger partial charge in [-0.3, -0.25) is 4.99 Å². The monoisotopic (exact) mass is 477 g/mol. The Kier molecular flexibility index (Phi) is 11.7. The molecule has 0 aromatic heterocycles. The van der Waals surface area contributed by atoms with Crippen molar-refractivity contribution in [3.8, 4) is 11.5 Å². The minimum atomic E-state index is -0.105. The van der Waals surface area contributed by atoms with E-state index in [2.05, 4.69) is 51.0 Å². The number of ether oxygens (including phenoxy) is 2. The van der Waals surface area contributed by atoms with Gasteiger partial charge < -0.3 is 19.7 Å². The second-order valence-electron chi connectivity index (χ2n) is 6.90. The zero-order chi connectivity index (χ0) is 18.9. The third kappa shape index (κ3) is 7.21. The molecule has 1 rings (SSSR count). The minimum Gasteiger partial charge on any atom is -0.493 e. The molecule has 0 bridgehead atoms. The first-order chi connectivity index (χ1) is 11.9. The van der Waals surface area contributed by atoms with E-state index in [1.54, 1.807) is 14.2 Å². The Morgan fingerprint density at radius 2 is 1.81 bits per heavy atom. The molecule has 1 N–H and O–H groups in total. The van der Waals surface area contributed by atoms with Crippen molar-refractivity contribution in [2.45, 2.75) is 46.0 Å². The molecule has 0 heterocycles. The van der Waals surface area contributed by atoms with Crippen molar-refractivity contribution >= 4 is 29.9 Å². The smallest absolute Gasteiger partial charge is 0.193 e. The van der Waals surface area contributed by atoms with Gasteiger partial charge in [0, 0.05) is 25.6 Å². The molecular weight excluding hydrogens is 441 g/mol. The Morgan fingerprint density at radius 3 is 2.35 bits per heavy atom. The molecule has 0 aliphatic rings. The number of methoxy groups -OCH3 is 2. The van der Waals surface area contributed by atoms with Gasteiger partial charge in [-0.1, -0.05) is 33.3 Å². The summed E-state index contributed by atoms with van der Waals surface area (Å²) in [6.45, 7) is 11.3. The van der Waals surface area contributed by atoms with Crippen LogP contribution in [0.15, 0.2) is 23.2 Å². The summed E-state index contributed by atoms with van der Waals surface area (Å²) in [6.07, 6.45) is 2.35. The van der Waals surface area contributed by atoms with Gasteiger partial charge in [-0.15, -0.1) is 24.0 Å². The Balaban J connectivity index is 0.00000625. The fourth-order valence-electron chi connectivity index (χ4n) is 2.59. The minimum absolute atomic E-state index is 0. The van der Waals surface area contributed by atoms with E-state index in [0.29, 0.717) is 6.54 Å². The number of nitrogens with zero attached hydrogens (tertiary/aromatic N) is 2. The van der Waals surface area contributed by atoms with Crippen molar-refractivity contribution in [2.75, 3.05) is 40.9 Å². The number of guanidine groups is 1. The molecule has 26 heavy (non-hydrogen) atoms. The highest BCUT2D eigenvalue weighted by atomic mass is 127. The number of rotatable bonds is 9. The predicted octanol–water partition coefficient (Wildman–Crippen LogP) is 4.30. The summed E-state index contributed by atoms with van der Waals surface area (Å²) in [5.74, 6) is 2.46. The van der Waals surface area contributed by atoms with E-state index in [1.807, 2.05) is 12.1 Å². The van der Waals surface area contributed by atoms with Crippen molar-refractivity contribution in [2.24, 2.45) is 4.99 Å². The van der Waals surface area contributed by atoms with Crippen molar-refractivity contribution < 1.29 is 9.47 Å². The van der Waals surface area contributed by atoms with Gasteiger partial charge in [0.1, 0.15) is 0 Å². The van der Waals surface area contributed by atoms with Gasteiger partial charge in [0.25, 0.3) is 0 Å². The molecule has 6 heteroatoms. The summed E-state index contributed by atoms with van der Waals surface area (Å²) in [4.78, 5) is 7.08. The van der Waals surface area contributed by atoms with Gasteiger partial charge in [0.2, 0.25) is 0 Å². The maximum Gasteiger partial charge on any atom is 0.193 e. The summed E-state index contributed by atoms with van der Waals surface area (Å²) < 4.78 is 10.8. The number of nitrogens with one attached hydrogen (secondary N) is 1. The lowest BCUT2D eigenvalue weighted by atomic mass is 9.84. The number of unbranched alkanes of at least 4 members (excludes halogenated alkanes) is 1.